The average molecular weight is 327 g/mol. The van der Waals surface area contributed by atoms with E-state index >= 15 is 0 Å². The largest absolute Gasteiger partial charge is 0.492 e. The Hall–Kier alpha value is -2.41. The Kier molecular flexibility index (Phi) is 4.17. The second kappa shape index (κ2) is 6.60. The molecule has 4 rings (SSSR count). The molecule has 0 spiro atoms. The molecule has 7 heteroatoms. The molecule has 1 aromatic heterocycles. The van der Waals surface area contributed by atoms with Gasteiger partial charge in [0.1, 0.15) is 24.5 Å². The Morgan fingerprint density at radius 3 is 3.25 bits per heavy atom. The van der Waals surface area contributed by atoms with Gasteiger partial charge in [0, 0.05) is 31.1 Å². The monoisotopic (exact) mass is 327 g/mol. The van der Waals surface area contributed by atoms with Gasteiger partial charge in [0.05, 0.1) is 6.54 Å². The summed E-state index contributed by atoms with van der Waals surface area (Å²) >= 11 is 0. The highest BCUT2D eigenvalue weighted by Gasteiger charge is 2.19. The van der Waals surface area contributed by atoms with Crippen LogP contribution < -0.4 is 15.4 Å². The van der Waals surface area contributed by atoms with Gasteiger partial charge in [-0.05, 0) is 36.6 Å². The van der Waals surface area contributed by atoms with E-state index in [4.69, 9.17) is 4.74 Å². The van der Waals surface area contributed by atoms with Crippen molar-refractivity contribution < 1.29 is 9.53 Å². The molecule has 2 aliphatic rings. The molecule has 0 saturated carbocycles. The van der Waals surface area contributed by atoms with Crippen molar-refractivity contribution in [2.75, 3.05) is 18.5 Å². The molecule has 1 atom stereocenters. The Bertz CT molecular complexity index is 742. The van der Waals surface area contributed by atoms with Crippen LogP contribution in [0, 0.1) is 0 Å². The van der Waals surface area contributed by atoms with E-state index in [2.05, 4.69) is 20.7 Å². The summed E-state index contributed by atoms with van der Waals surface area (Å²) in [6.45, 7) is 2.28. The van der Waals surface area contributed by atoms with Crippen molar-refractivity contribution >= 4 is 11.6 Å². The zero-order valence-electron chi connectivity index (χ0n) is 13.5. The summed E-state index contributed by atoms with van der Waals surface area (Å²) in [7, 11) is 0. The highest BCUT2D eigenvalue weighted by Crippen LogP contribution is 2.26. The Labute approximate surface area is 140 Å². The Morgan fingerprint density at radius 1 is 1.33 bits per heavy atom. The van der Waals surface area contributed by atoms with Crippen molar-refractivity contribution in [3.05, 3.63) is 35.9 Å². The number of fused-ring (bicyclic) bond motifs is 2. The lowest BCUT2D eigenvalue weighted by Crippen LogP contribution is -2.39. The number of carbonyl (C=O) groups is 1. The van der Waals surface area contributed by atoms with Crippen molar-refractivity contribution in [2.45, 2.75) is 38.3 Å². The summed E-state index contributed by atoms with van der Waals surface area (Å²) < 4.78 is 7.81. The molecule has 0 unspecified atom stereocenters. The highest BCUT2D eigenvalue weighted by molar-refractivity contribution is 5.93. The van der Waals surface area contributed by atoms with Gasteiger partial charge in [0.15, 0.2) is 0 Å². The maximum Gasteiger partial charge on any atom is 0.224 e. The lowest BCUT2D eigenvalue weighted by Gasteiger charge is -2.23. The molecule has 3 heterocycles. The second-order valence-corrected chi connectivity index (χ2v) is 6.26. The molecule has 0 saturated heterocycles. The summed E-state index contributed by atoms with van der Waals surface area (Å²) in [4.78, 5) is 15.6. The smallest absolute Gasteiger partial charge is 0.224 e. The summed E-state index contributed by atoms with van der Waals surface area (Å²) in [5.74, 6) is 2.02. The fourth-order valence-corrected chi connectivity index (χ4v) is 3.29. The third-order valence-electron chi connectivity index (χ3n) is 4.58. The van der Waals surface area contributed by atoms with E-state index < -0.39 is 0 Å². The first-order valence-electron chi connectivity index (χ1n) is 8.43. The summed E-state index contributed by atoms with van der Waals surface area (Å²) in [5.41, 5.74) is 2.05. The van der Waals surface area contributed by atoms with Crippen LogP contribution in [0.15, 0.2) is 24.5 Å². The number of carbonyl (C=O) groups excluding carboxylic acids is 1. The van der Waals surface area contributed by atoms with Crippen LogP contribution in [0.4, 0.5) is 5.69 Å². The number of hydrogen-bond donors (Lipinski definition) is 2. The van der Waals surface area contributed by atoms with Gasteiger partial charge in [-0.2, -0.15) is 5.10 Å². The fourth-order valence-electron chi connectivity index (χ4n) is 3.29. The van der Waals surface area contributed by atoms with Crippen LogP contribution in [0.25, 0.3) is 0 Å². The van der Waals surface area contributed by atoms with Gasteiger partial charge in [-0.25, -0.2) is 9.67 Å². The second-order valence-electron chi connectivity index (χ2n) is 6.26. The molecule has 7 nitrogen and oxygen atoms in total. The first-order valence-corrected chi connectivity index (χ1v) is 8.43. The average Bonchev–Trinajstić information content (AvgIpc) is 3.06. The highest BCUT2D eigenvalue weighted by atomic mass is 16.5. The molecule has 0 radical (unpaired) electrons. The summed E-state index contributed by atoms with van der Waals surface area (Å²) in [6, 6.07) is 6.27. The number of aryl methyl sites for hydroxylation is 2. The topological polar surface area (TPSA) is 81.1 Å². The van der Waals surface area contributed by atoms with Crippen LogP contribution >= 0.6 is 0 Å². The van der Waals surface area contributed by atoms with Crippen LogP contribution in [-0.2, 0) is 24.2 Å². The van der Waals surface area contributed by atoms with Gasteiger partial charge < -0.3 is 15.4 Å². The first-order chi connectivity index (χ1) is 11.8. The maximum atomic E-state index is 11.4. The van der Waals surface area contributed by atoms with Gasteiger partial charge in [-0.1, -0.05) is 0 Å². The number of nitrogens with one attached hydrogen (secondary N) is 2. The van der Waals surface area contributed by atoms with E-state index in [1.807, 2.05) is 22.9 Å². The first kappa shape index (κ1) is 15.1. The van der Waals surface area contributed by atoms with Crippen LogP contribution in [-0.4, -0.2) is 39.9 Å². The number of ether oxygens (including phenoxy) is 1. The lowest BCUT2D eigenvalue weighted by atomic mass is 10.0. The third-order valence-corrected chi connectivity index (χ3v) is 4.58. The van der Waals surface area contributed by atoms with Crippen molar-refractivity contribution in [3.8, 4) is 5.75 Å². The van der Waals surface area contributed by atoms with Crippen LogP contribution in [0.1, 0.15) is 24.2 Å². The number of amides is 1. The number of anilines is 1. The molecule has 2 aromatic rings. The van der Waals surface area contributed by atoms with Crippen LogP contribution in [0.2, 0.25) is 0 Å². The van der Waals surface area contributed by atoms with Crippen molar-refractivity contribution in [3.63, 3.8) is 0 Å². The molecule has 1 aromatic carbocycles. The maximum absolute atomic E-state index is 11.4. The fraction of sp³-hybridized carbons (Fsp3) is 0.471. The zero-order chi connectivity index (χ0) is 16.4. The SMILES string of the molecule is O=C1CCc2cc(OCCN[C@H]3CCc4ncnn4C3)ccc2N1. The Balaban J connectivity index is 1.24. The summed E-state index contributed by atoms with van der Waals surface area (Å²) in [6.07, 6.45) is 4.99. The van der Waals surface area contributed by atoms with E-state index in [1.165, 1.54) is 0 Å². The molecule has 0 bridgehead atoms. The minimum Gasteiger partial charge on any atom is -0.492 e. The molecule has 1 amide bonds. The number of benzene rings is 1. The number of rotatable bonds is 5. The third kappa shape index (κ3) is 3.26. The van der Waals surface area contributed by atoms with Crippen molar-refractivity contribution in [1.29, 1.82) is 0 Å². The van der Waals surface area contributed by atoms with Crippen molar-refractivity contribution in [2.24, 2.45) is 0 Å². The minimum atomic E-state index is 0.0865. The standard InChI is InChI=1S/C17H21N5O2/c23-17-6-1-12-9-14(3-4-15(12)21-17)24-8-7-18-13-2-5-16-19-11-20-22(16)10-13/h3-4,9,11,13,18H,1-2,5-8,10H2,(H,21,23)/t13-/m0/s1. The van der Waals surface area contributed by atoms with Gasteiger partial charge in [-0.15, -0.1) is 0 Å². The van der Waals surface area contributed by atoms with Gasteiger partial charge in [0.2, 0.25) is 5.91 Å². The predicted molar refractivity (Wildman–Crippen MR) is 89.0 cm³/mol. The minimum absolute atomic E-state index is 0.0865. The zero-order valence-corrected chi connectivity index (χ0v) is 13.5. The molecular weight excluding hydrogens is 306 g/mol. The predicted octanol–water partition coefficient (Wildman–Crippen LogP) is 1.15. The van der Waals surface area contributed by atoms with E-state index in [-0.39, 0.29) is 5.91 Å². The molecule has 0 aliphatic carbocycles. The molecule has 24 heavy (non-hydrogen) atoms. The molecular formula is C17H21N5O2. The van der Waals surface area contributed by atoms with E-state index in [9.17, 15) is 4.79 Å². The van der Waals surface area contributed by atoms with Crippen molar-refractivity contribution in [1.82, 2.24) is 20.1 Å². The van der Waals surface area contributed by atoms with Gasteiger partial charge in [0.25, 0.3) is 0 Å². The molecule has 2 aliphatic heterocycles. The summed E-state index contributed by atoms with van der Waals surface area (Å²) in [5, 5.41) is 10.6. The number of aromatic nitrogens is 3. The van der Waals surface area contributed by atoms with Gasteiger partial charge >= 0.3 is 0 Å². The normalized spacial score (nSPS) is 19.3. The lowest BCUT2D eigenvalue weighted by molar-refractivity contribution is -0.116. The number of hydrogen-bond acceptors (Lipinski definition) is 5. The molecule has 2 N–H and O–H groups in total. The molecule has 0 fully saturated rings. The van der Waals surface area contributed by atoms with Crippen LogP contribution in [0.3, 0.4) is 0 Å². The van der Waals surface area contributed by atoms with E-state index in [0.29, 0.717) is 19.1 Å². The Morgan fingerprint density at radius 2 is 2.29 bits per heavy atom. The van der Waals surface area contributed by atoms with Crippen LogP contribution in [0.5, 0.6) is 5.75 Å². The van der Waals surface area contributed by atoms with E-state index in [0.717, 1.165) is 55.2 Å². The van der Waals surface area contributed by atoms with E-state index in [1.54, 1.807) is 6.33 Å². The molecule has 126 valence electrons. The number of nitrogens with zero attached hydrogens (tertiary/aromatic N) is 3. The quantitative estimate of drug-likeness (QED) is 0.805. The van der Waals surface area contributed by atoms with Gasteiger partial charge in [-0.3, -0.25) is 4.79 Å².